The molecule has 1 N–H and O–H groups in total. The van der Waals surface area contributed by atoms with Gasteiger partial charge >= 0.3 is 0 Å². The summed E-state index contributed by atoms with van der Waals surface area (Å²) in [6.07, 6.45) is -0.460. The van der Waals surface area contributed by atoms with Crippen LogP contribution in [0.2, 0.25) is 0 Å². The first-order valence-corrected chi connectivity index (χ1v) is 11.0. The number of rotatable bonds is 5. The van der Waals surface area contributed by atoms with E-state index in [-0.39, 0.29) is 0 Å². The molecule has 3 aromatic carbocycles. The lowest BCUT2D eigenvalue weighted by molar-refractivity contribution is 0.225. The van der Waals surface area contributed by atoms with E-state index in [1.165, 1.54) is 11.8 Å². The van der Waals surface area contributed by atoms with Gasteiger partial charge in [0.15, 0.2) is 11.9 Å². The number of nitrogens with zero attached hydrogens (tertiary/aromatic N) is 3. The molecule has 0 spiro atoms. The number of hydrogen-bond acceptors (Lipinski definition) is 7. The standard InChI is InChI=1S/C24H20N4O2S/c1-2-31-24-26-23-21(27-28-24)19-13-6-7-14-20(19)25-22(30-23)16-9-8-12-18(15-16)29-17-10-4-3-5-11-17/h3-15,22,25H,2H2,1H3/t22-/m0/s1. The molecule has 0 aliphatic carbocycles. The fourth-order valence-electron chi connectivity index (χ4n) is 3.35. The van der Waals surface area contributed by atoms with Crippen LogP contribution in [0.5, 0.6) is 17.4 Å². The zero-order chi connectivity index (χ0) is 21.0. The van der Waals surface area contributed by atoms with E-state index in [2.05, 4.69) is 27.4 Å². The maximum atomic E-state index is 6.32. The average molecular weight is 429 g/mol. The van der Waals surface area contributed by atoms with Gasteiger partial charge in [0.2, 0.25) is 11.0 Å². The first-order chi connectivity index (χ1) is 15.3. The molecule has 0 bridgehead atoms. The third kappa shape index (κ3) is 4.18. The predicted molar refractivity (Wildman–Crippen MR) is 122 cm³/mol. The number of thioether (sulfide) groups is 1. The Bertz CT molecular complexity index is 1200. The molecule has 0 saturated carbocycles. The number of anilines is 1. The second-order valence-electron chi connectivity index (χ2n) is 6.86. The van der Waals surface area contributed by atoms with Crippen LogP contribution in [-0.4, -0.2) is 20.9 Å². The van der Waals surface area contributed by atoms with Crippen LogP contribution in [0.1, 0.15) is 18.7 Å². The van der Waals surface area contributed by atoms with Crippen molar-refractivity contribution in [3.8, 4) is 28.6 Å². The van der Waals surface area contributed by atoms with Crippen molar-refractivity contribution < 1.29 is 9.47 Å². The van der Waals surface area contributed by atoms with Gasteiger partial charge in [-0.3, -0.25) is 0 Å². The molecule has 1 aromatic heterocycles. The molecule has 1 atom stereocenters. The smallest absolute Gasteiger partial charge is 0.247 e. The SMILES string of the molecule is CCSc1nnc2c(n1)O[C@@H](c1cccc(Oc3ccccc3)c1)Nc1ccccc1-2. The lowest BCUT2D eigenvalue weighted by atomic mass is 10.1. The number of ether oxygens (including phenoxy) is 2. The number of benzene rings is 3. The summed E-state index contributed by atoms with van der Waals surface area (Å²) >= 11 is 1.53. The second-order valence-corrected chi connectivity index (χ2v) is 8.09. The lowest BCUT2D eigenvalue weighted by Gasteiger charge is -2.20. The molecular weight excluding hydrogens is 408 g/mol. The molecule has 31 heavy (non-hydrogen) atoms. The molecule has 0 radical (unpaired) electrons. The number of nitrogens with one attached hydrogen (secondary N) is 1. The number of aromatic nitrogens is 3. The fourth-order valence-corrected chi connectivity index (χ4v) is 3.86. The van der Waals surface area contributed by atoms with E-state index in [1.54, 1.807) is 0 Å². The Morgan fingerprint density at radius 2 is 1.74 bits per heavy atom. The maximum absolute atomic E-state index is 6.32. The number of hydrogen-bond donors (Lipinski definition) is 1. The third-order valence-electron chi connectivity index (χ3n) is 4.75. The topological polar surface area (TPSA) is 69.2 Å². The molecule has 7 heteroatoms. The largest absolute Gasteiger partial charge is 0.457 e. The molecule has 154 valence electrons. The summed E-state index contributed by atoms with van der Waals surface area (Å²) in [5.41, 5.74) is 3.36. The highest BCUT2D eigenvalue weighted by atomic mass is 32.2. The van der Waals surface area contributed by atoms with Crippen LogP contribution >= 0.6 is 11.8 Å². The van der Waals surface area contributed by atoms with Gasteiger partial charge in [-0.2, -0.15) is 4.98 Å². The Hall–Kier alpha value is -3.58. The van der Waals surface area contributed by atoms with E-state index in [1.807, 2.05) is 78.9 Å². The Balaban J connectivity index is 1.52. The minimum Gasteiger partial charge on any atom is -0.457 e. The van der Waals surface area contributed by atoms with Crippen LogP contribution in [0.4, 0.5) is 5.69 Å². The highest BCUT2D eigenvalue weighted by Gasteiger charge is 2.26. The molecule has 0 saturated heterocycles. The quantitative estimate of drug-likeness (QED) is 0.394. The van der Waals surface area contributed by atoms with Gasteiger partial charge in [-0.25, -0.2) is 0 Å². The first kappa shape index (κ1) is 19.4. The molecule has 0 amide bonds. The summed E-state index contributed by atoms with van der Waals surface area (Å²) in [7, 11) is 0. The van der Waals surface area contributed by atoms with Crippen molar-refractivity contribution in [1.82, 2.24) is 15.2 Å². The molecule has 4 aromatic rings. The Labute approximate surface area is 184 Å². The summed E-state index contributed by atoms with van der Waals surface area (Å²) in [5, 5.41) is 12.7. The molecule has 0 unspecified atom stereocenters. The van der Waals surface area contributed by atoms with E-state index in [0.717, 1.165) is 34.1 Å². The average Bonchev–Trinajstić information content (AvgIpc) is 2.97. The van der Waals surface area contributed by atoms with E-state index in [0.29, 0.717) is 16.7 Å². The van der Waals surface area contributed by atoms with Crippen LogP contribution in [0, 0.1) is 0 Å². The highest BCUT2D eigenvalue weighted by Crippen LogP contribution is 2.40. The summed E-state index contributed by atoms with van der Waals surface area (Å²) in [5.74, 6) is 2.83. The Morgan fingerprint density at radius 3 is 2.61 bits per heavy atom. The van der Waals surface area contributed by atoms with Crippen molar-refractivity contribution in [3.05, 3.63) is 84.4 Å². The summed E-state index contributed by atoms with van der Waals surface area (Å²) < 4.78 is 12.3. The van der Waals surface area contributed by atoms with E-state index < -0.39 is 6.23 Å². The molecule has 1 aliphatic heterocycles. The van der Waals surface area contributed by atoms with Crippen molar-refractivity contribution in [2.75, 3.05) is 11.1 Å². The van der Waals surface area contributed by atoms with Gasteiger partial charge in [0.05, 0.1) is 0 Å². The molecule has 5 rings (SSSR count). The normalized spacial score (nSPS) is 14.4. The molecular formula is C24H20N4O2S. The number of fused-ring (bicyclic) bond motifs is 3. The molecule has 1 aliphatic rings. The van der Waals surface area contributed by atoms with Crippen LogP contribution < -0.4 is 14.8 Å². The zero-order valence-electron chi connectivity index (χ0n) is 16.9. The lowest BCUT2D eigenvalue weighted by Crippen LogP contribution is -2.17. The van der Waals surface area contributed by atoms with Crippen molar-refractivity contribution >= 4 is 17.4 Å². The Morgan fingerprint density at radius 1 is 0.935 bits per heavy atom. The van der Waals surface area contributed by atoms with Gasteiger partial charge in [-0.15, -0.1) is 10.2 Å². The van der Waals surface area contributed by atoms with Gasteiger partial charge in [0, 0.05) is 16.8 Å². The van der Waals surface area contributed by atoms with Gasteiger partial charge in [-0.1, -0.05) is 67.2 Å². The van der Waals surface area contributed by atoms with Crippen LogP contribution in [0.15, 0.2) is 84.0 Å². The van der Waals surface area contributed by atoms with Crippen molar-refractivity contribution in [2.45, 2.75) is 18.3 Å². The van der Waals surface area contributed by atoms with Gasteiger partial charge < -0.3 is 14.8 Å². The summed E-state index contributed by atoms with van der Waals surface area (Å²) in [4.78, 5) is 4.62. The molecule has 0 fully saturated rings. The molecule has 6 nitrogen and oxygen atoms in total. The minimum atomic E-state index is -0.460. The highest BCUT2D eigenvalue weighted by molar-refractivity contribution is 7.99. The van der Waals surface area contributed by atoms with E-state index in [9.17, 15) is 0 Å². The van der Waals surface area contributed by atoms with Crippen LogP contribution in [0.3, 0.4) is 0 Å². The first-order valence-electron chi connectivity index (χ1n) is 10.0. The van der Waals surface area contributed by atoms with Crippen LogP contribution in [-0.2, 0) is 0 Å². The van der Waals surface area contributed by atoms with Gasteiger partial charge in [0.1, 0.15) is 11.5 Å². The van der Waals surface area contributed by atoms with Gasteiger partial charge in [0.25, 0.3) is 0 Å². The maximum Gasteiger partial charge on any atom is 0.247 e. The van der Waals surface area contributed by atoms with Crippen molar-refractivity contribution in [2.24, 2.45) is 0 Å². The predicted octanol–water partition coefficient (Wildman–Crippen LogP) is 5.95. The fraction of sp³-hybridized carbons (Fsp3) is 0.125. The van der Waals surface area contributed by atoms with Crippen molar-refractivity contribution in [1.29, 1.82) is 0 Å². The van der Waals surface area contributed by atoms with Gasteiger partial charge in [-0.05, 0) is 36.1 Å². The number of para-hydroxylation sites is 2. The van der Waals surface area contributed by atoms with Crippen LogP contribution in [0.25, 0.3) is 11.3 Å². The minimum absolute atomic E-state index is 0.460. The van der Waals surface area contributed by atoms with Crippen molar-refractivity contribution in [3.63, 3.8) is 0 Å². The van der Waals surface area contributed by atoms with E-state index >= 15 is 0 Å². The van der Waals surface area contributed by atoms with E-state index in [4.69, 9.17) is 9.47 Å². The second kappa shape index (κ2) is 8.65. The summed E-state index contributed by atoms with van der Waals surface area (Å²) in [6, 6.07) is 25.5. The zero-order valence-corrected chi connectivity index (χ0v) is 17.7. The third-order valence-corrected chi connectivity index (χ3v) is 5.47. The Kier molecular flexibility index (Phi) is 5.41. The summed E-state index contributed by atoms with van der Waals surface area (Å²) in [6.45, 7) is 2.05. The monoisotopic (exact) mass is 428 g/mol. The molecule has 2 heterocycles.